The molecule has 1 saturated heterocycles. The number of hydrogen-bond acceptors (Lipinski definition) is 8. The summed E-state index contributed by atoms with van der Waals surface area (Å²) in [7, 11) is 1.44. The van der Waals surface area contributed by atoms with Crippen molar-refractivity contribution in [2.24, 2.45) is 5.92 Å². The van der Waals surface area contributed by atoms with Gasteiger partial charge in [-0.15, -0.1) is 11.3 Å². The Bertz CT molecular complexity index is 1320. The molecule has 1 aromatic heterocycles. The van der Waals surface area contributed by atoms with Gasteiger partial charge in [0.15, 0.2) is 17.6 Å². The molecule has 10 nitrogen and oxygen atoms in total. The summed E-state index contributed by atoms with van der Waals surface area (Å²) in [5.41, 5.74) is 1.76. The fourth-order valence-electron chi connectivity index (χ4n) is 4.58. The number of anilines is 1. The van der Waals surface area contributed by atoms with Gasteiger partial charge in [-0.2, -0.15) is 5.06 Å². The topological polar surface area (TPSA) is 135 Å². The second-order valence-corrected chi connectivity index (χ2v) is 10.0. The number of rotatable bonds is 11. The zero-order valence-electron chi connectivity index (χ0n) is 21.6. The molecule has 4 rings (SSSR count). The zero-order chi connectivity index (χ0) is 27.9. The molecule has 0 spiro atoms. The number of hydrogen-bond donors (Lipinski definition) is 3. The van der Waals surface area contributed by atoms with Crippen LogP contribution in [0.1, 0.15) is 28.1 Å². The lowest BCUT2D eigenvalue weighted by Gasteiger charge is -2.33. The summed E-state index contributed by atoms with van der Waals surface area (Å²) in [5.74, 6) is -2.33. The van der Waals surface area contributed by atoms with Crippen LogP contribution in [-0.4, -0.2) is 61.0 Å². The molecule has 0 saturated carbocycles. The molecule has 0 aliphatic carbocycles. The standard InChI is InChI=1S/C28H30N2O8S/c1-17-23(37-16-22(31)32)26(28(34)35)39-25(17)19-7-6-10-21(15-19)38-24(18-11-13-29-14-12-18)27(33)30(36-2)20-8-4-3-5-9-20/h3-10,15,18,24,29H,11-14,16H2,1-2H3,(H,31,32)(H,34,35). The van der Waals surface area contributed by atoms with Crippen LogP contribution >= 0.6 is 11.3 Å². The Morgan fingerprint density at radius 3 is 2.44 bits per heavy atom. The predicted octanol–water partition coefficient (Wildman–Crippen LogP) is 4.23. The van der Waals surface area contributed by atoms with Gasteiger partial charge in [0.25, 0.3) is 5.91 Å². The molecule has 1 unspecified atom stereocenters. The van der Waals surface area contributed by atoms with Gasteiger partial charge >= 0.3 is 11.9 Å². The maximum Gasteiger partial charge on any atom is 0.349 e. The highest BCUT2D eigenvalue weighted by Gasteiger charge is 2.36. The smallest absolute Gasteiger partial charge is 0.349 e. The van der Waals surface area contributed by atoms with Crippen molar-refractivity contribution >= 4 is 34.9 Å². The molecule has 11 heteroatoms. The summed E-state index contributed by atoms with van der Waals surface area (Å²) < 4.78 is 11.7. The van der Waals surface area contributed by atoms with Crippen LogP contribution in [0.2, 0.25) is 0 Å². The van der Waals surface area contributed by atoms with E-state index < -0.39 is 24.6 Å². The van der Waals surface area contributed by atoms with Crippen molar-refractivity contribution in [1.82, 2.24) is 5.32 Å². The van der Waals surface area contributed by atoms with E-state index in [2.05, 4.69) is 5.32 Å². The van der Waals surface area contributed by atoms with E-state index >= 15 is 0 Å². The van der Waals surface area contributed by atoms with E-state index in [9.17, 15) is 19.5 Å². The number of carboxylic acid groups (broad SMARTS) is 2. The van der Waals surface area contributed by atoms with Gasteiger partial charge in [-0.3, -0.25) is 9.63 Å². The van der Waals surface area contributed by atoms with Crippen LogP contribution in [-0.2, 0) is 14.4 Å². The Labute approximate surface area is 229 Å². The van der Waals surface area contributed by atoms with Crippen molar-refractivity contribution in [2.45, 2.75) is 25.9 Å². The average Bonchev–Trinajstić information content (AvgIpc) is 3.28. The molecule has 2 heterocycles. The number of nitrogens with one attached hydrogen (secondary N) is 1. The fourth-order valence-corrected chi connectivity index (χ4v) is 5.66. The van der Waals surface area contributed by atoms with Crippen molar-refractivity contribution in [1.29, 1.82) is 0 Å². The van der Waals surface area contributed by atoms with Crippen LogP contribution in [0, 0.1) is 12.8 Å². The summed E-state index contributed by atoms with van der Waals surface area (Å²) in [4.78, 5) is 42.6. The molecule has 1 fully saturated rings. The third-order valence-corrected chi connectivity index (χ3v) is 7.72. The van der Waals surface area contributed by atoms with Gasteiger partial charge < -0.3 is 25.0 Å². The number of nitrogens with zero attached hydrogens (tertiary/aromatic N) is 1. The van der Waals surface area contributed by atoms with Crippen LogP contribution in [0.4, 0.5) is 5.69 Å². The van der Waals surface area contributed by atoms with Crippen LogP contribution in [0.15, 0.2) is 54.6 Å². The largest absolute Gasteiger partial charge is 0.480 e. The molecule has 1 atom stereocenters. The first-order valence-corrected chi connectivity index (χ1v) is 13.2. The molecule has 39 heavy (non-hydrogen) atoms. The summed E-state index contributed by atoms with van der Waals surface area (Å²) in [6, 6.07) is 16.1. The second-order valence-electron chi connectivity index (χ2n) is 9.01. The summed E-state index contributed by atoms with van der Waals surface area (Å²) in [6.45, 7) is 2.56. The van der Waals surface area contributed by atoms with Crippen LogP contribution < -0.4 is 19.9 Å². The Balaban J connectivity index is 1.66. The number of benzene rings is 2. The molecule has 1 aliphatic heterocycles. The highest BCUT2D eigenvalue weighted by molar-refractivity contribution is 7.18. The number of carboxylic acids is 2. The van der Waals surface area contributed by atoms with Gasteiger partial charge in [0.2, 0.25) is 0 Å². The van der Waals surface area contributed by atoms with Crippen molar-refractivity contribution in [3.63, 3.8) is 0 Å². The van der Waals surface area contributed by atoms with E-state index in [0.29, 0.717) is 27.4 Å². The van der Waals surface area contributed by atoms with Gasteiger partial charge in [-0.1, -0.05) is 30.3 Å². The highest BCUT2D eigenvalue weighted by Crippen LogP contribution is 2.42. The van der Waals surface area contributed by atoms with Gasteiger partial charge in [0.1, 0.15) is 11.5 Å². The SMILES string of the molecule is CON(C(=O)C(Oc1cccc(-c2sc(C(=O)O)c(OCC(=O)O)c2C)c1)C1CCNCC1)c1ccccc1. The van der Waals surface area contributed by atoms with E-state index in [1.165, 1.54) is 12.2 Å². The number of carbonyl (C=O) groups excluding carboxylic acids is 1. The number of hydroxylamine groups is 1. The molecular formula is C28H30N2O8S. The lowest BCUT2D eigenvalue weighted by Crippen LogP contribution is -2.48. The monoisotopic (exact) mass is 554 g/mol. The Morgan fingerprint density at radius 1 is 1.08 bits per heavy atom. The molecule has 1 aliphatic rings. The third kappa shape index (κ3) is 6.56. The lowest BCUT2D eigenvalue weighted by atomic mass is 9.91. The molecule has 0 bridgehead atoms. The van der Waals surface area contributed by atoms with Crippen molar-refractivity contribution in [3.05, 3.63) is 65.0 Å². The van der Waals surface area contributed by atoms with Crippen molar-refractivity contribution < 1.29 is 38.9 Å². The minimum absolute atomic E-state index is 0.0255. The maximum absolute atomic E-state index is 13.8. The van der Waals surface area contributed by atoms with E-state index in [1.807, 2.05) is 18.2 Å². The number of amides is 1. The quantitative estimate of drug-likeness (QED) is 0.298. The molecule has 3 aromatic rings. The Hall–Kier alpha value is -3.93. The molecule has 1 amide bonds. The molecule has 2 aromatic carbocycles. The fraction of sp³-hybridized carbons (Fsp3) is 0.321. The normalized spacial score (nSPS) is 14.4. The second kappa shape index (κ2) is 12.7. The number of aliphatic carboxylic acids is 1. The van der Waals surface area contributed by atoms with Crippen LogP contribution in [0.25, 0.3) is 10.4 Å². The number of piperidine rings is 1. The Morgan fingerprint density at radius 2 is 1.79 bits per heavy atom. The first-order valence-electron chi connectivity index (χ1n) is 12.4. The van der Waals surface area contributed by atoms with Crippen LogP contribution in [0.3, 0.4) is 0 Å². The number of ether oxygens (including phenoxy) is 2. The summed E-state index contributed by atoms with van der Waals surface area (Å²) in [6.07, 6.45) is 0.674. The molecule has 0 radical (unpaired) electrons. The molecular weight excluding hydrogens is 524 g/mol. The minimum atomic E-state index is -1.21. The number of thiophene rings is 1. The Kier molecular flexibility index (Phi) is 9.18. The number of aromatic carboxylic acids is 1. The first kappa shape index (κ1) is 28.1. The summed E-state index contributed by atoms with van der Waals surface area (Å²) >= 11 is 0.990. The van der Waals surface area contributed by atoms with Gasteiger partial charge in [-0.25, -0.2) is 9.59 Å². The highest BCUT2D eigenvalue weighted by atomic mass is 32.1. The predicted molar refractivity (Wildman–Crippen MR) is 146 cm³/mol. The zero-order valence-corrected chi connectivity index (χ0v) is 22.4. The van der Waals surface area contributed by atoms with E-state index in [-0.39, 0.29) is 22.5 Å². The minimum Gasteiger partial charge on any atom is -0.480 e. The maximum atomic E-state index is 13.8. The van der Waals surface area contributed by atoms with E-state index in [0.717, 1.165) is 37.3 Å². The number of carbonyl (C=O) groups is 3. The van der Waals surface area contributed by atoms with Gasteiger partial charge in [0.05, 0.1) is 12.8 Å². The average molecular weight is 555 g/mol. The van der Waals surface area contributed by atoms with E-state index in [4.69, 9.17) is 19.4 Å². The van der Waals surface area contributed by atoms with Crippen LogP contribution in [0.5, 0.6) is 11.5 Å². The van der Waals surface area contributed by atoms with Gasteiger partial charge in [0, 0.05) is 16.4 Å². The first-order chi connectivity index (χ1) is 18.8. The van der Waals surface area contributed by atoms with Gasteiger partial charge in [-0.05, 0) is 62.7 Å². The van der Waals surface area contributed by atoms with E-state index in [1.54, 1.807) is 43.3 Å². The third-order valence-electron chi connectivity index (χ3n) is 6.41. The molecule has 3 N–H and O–H groups in total. The lowest BCUT2D eigenvalue weighted by molar-refractivity contribution is -0.139. The molecule has 206 valence electrons. The van der Waals surface area contributed by atoms with Crippen molar-refractivity contribution in [3.8, 4) is 21.9 Å². The number of para-hydroxylation sites is 1. The summed E-state index contributed by atoms with van der Waals surface area (Å²) in [5, 5.41) is 23.2. The van der Waals surface area contributed by atoms with Crippen molar-refractivity contribution in [2.75, 3.05) is 31.9 Å².